The minimum absolute atomic E-state index is 0.0406. The molecule has 0 amide bonds. The van der Waals surface area contributed by atoms with Crippen LogP contribution >= 0.6 is 23.2 Å². The van der Waals surface area contributed by atoms with Gasteiger partial charge in [-0.15, -0.1) is 0 Å². The molecule has 0 saturated heterocycles. The Morgan fingerprint density at radius 1 is 1.40 bits per heavy atom. The Morgan fingerprint density at radius 2 is 2.20 bits per heavy atom. The number of rotatable bonds is 6. The largest absolute Gasteiger partial charge is 0.481 e. The Kier molecular flexibility index (Phi) is 4.98. The molecule has 0 spiro atoms. The SMILES string of the molecule is CCCc1noc(COc2c(Cl)cc(Cl)cc2C=O)n1. The van der Waals surface area contributed by atoms with E-state index in [-0.39, 0.29) is 22.9 Å². The minimum atomic E-state index is 0.0406. The minimum Gasteiger partial charge on any atom is -0.481 e. The number of carbonyl (C=O) groups excluding carboxylic acids is 1. The van der Waals surface area contributed by atoms with Crippen molar-refractivity contribution in [1.29, 1.82) is 0 Å². The molecule has 0 saturated carbocycles. The molecule has 1 aromatic heterocycles. The third-order valence-electron chi connectivity index (χ3n) is 2.49. The summed E-state index contributed by atoms with van der Waals surface area (Å²) in [6.07, 6.45) is 2.30. The number of benzene rings is 1. The van der Waals surface area contributed by atoms with E-state index in [9.17, 15) is 4.79 Å². The van der Waals surface area contributed by atoms with Gasteiger partial charge in [0.1, 0.15) is 5.75 Å². The van der Waals surface area contributed by atoms with Crippen molar-refractivity contribution >= 4 is 29.5 Å². The van der Waals surface area contributed by atoms with Crippen molar-refractivity contribution in [3.63, 3.8) is 0 Å². The summed E-state index contributed by atoms with van der Waals surface area (Å²) in [5, 5.41) is 4.43. The third kappa shape index (κ3) is 3.49. The molecule has 106 valence electrons. The molecule has 0 radical (unpaired) electrons. The predicted octanol–water partition coefficient (Wildman–Crippen LogP) is 3.72. The molecule has 0 unspecified atom stereocenters. The first-order chi connectivity index (χ1) is 9.63. The molecule has 0 fully saturated rings. The molecule has 1 aromatic carbocycles. The molecular formula is C13H12Cl2N2O3. The number of aromatic nitrogens is 2. The number of hydrogen-bond acceptors (Lipinski definition) is 5. The van der Waals surface area contributed by atoms with Crippen LogP contribution in [0.4, 0.5) is 0 Å². The molecule has 0 atom stereocenters. The van der Waals surface area contributed by atoms with Gasteiger partial charge in [0, 0.05) is 11.4 Å². The second-order valence-electron chi connectivity index (χ2n) is 4.07. The van der Waals surface area contributed by atoms with Gasteiger partial charge < -0.3 is 9.26 Å². The predicted molar refractivity (Wildman–Crippen MR) is 74.5 cm³/mol. The summed E-state index contributed by atoms with van der Waals surface area (Å²) in [6, 6.07) is 2.98. The van der Waals surface area contributed by atoms with Crippen LogP contribution in [0.15, 0.2) is 16.7 Å². The average molecular weight is 315 g/mol. The third-order valence-corrected chi connectivity index (χ3v) is 2.99. The zero-order valence-electron chi connectivity index (χ0n) is 10.7. The second kappa shape index (κ2) is 6.72. The fraction of sp³-hybridized carbons (Fsp3) is 0.308. The van der Waals surface area contributed by atoms with Gasteiger partial charge in [-0.2, -0.15) is 4.98 Å². The van der Waals surface area contributed by atoms with Gasteiger partial charge in [-0.3, -0.25) is 4.79 Å². The van der Waals surface area contributed by atoms with Crippen LogP contribution in [0, 0.1) is 0 Å². The van der Waals surface area contributed by atoms with Gasteiger partial charge in [-0.25, -0.2) is 0 Å². The Labute approximate surface area is 125 Å². The molecule has 2 aromatic rings. The van der Waals surface area contributed by atoms with Crippen molar-refractivity contribution in [2.45, 2.75) is 26.4 Å². The van der Waals surface area contributed by atoms with E-state index in [1.165, 1.54) is 12.1 Å². The Morgan fingerprint density at radius 3 is 2.90 bits per heavy atom. The summed E-state index contributed by atoms with van der Waals surface area (Å²) in [7, 11) is 0. The maximum Gasteiger partial charge on any atom is 0.264 e. The summed E-state index contributed by atoms with van der Waals surface area (Å²) < 4.78 is 10.5. The molecular weight excluding hydrogens is 303 g/mol. The average Bonchev–Trinajstić information content (AvgIpc) is 2.85. The van der Waals surface area contributed by atoms with Gasteiger partial charge in [0.25, 0.3) is 5.89 Å². The van der Waals surface area contributed by atoms with Crippen LogP contribution in [0.1, 0.15) is 35.4 Å². The van der Waals surface area contributed by atoms with E-state index in [0.29, 0.717) is 23.0 Å². The smallest absolute Gasteiger partial charge is 0.264 e. The number of aryl methyl sites for hydroxylation is 1. The maximum atomic E-state index is 11.0. The number of hydrogen-bond donors (Lipinski definition) is 0. The fourth-order valence-electron chi connectivity index (χ4n) is 1.63. The van der Waals surface area contributed by atoms with E-state index in [1.54, 1.807) is 0 Å². The highest BCUT2D eigenvalue weighted by Crippen LogP contribution is 2.31. The normalized spacial score (nSPS) is 10.6. The molecule has 0 bridgehead atoms. The number of aldehydes is 1. The first kappa shape index (κ1) is 14.8. The number of ether oxygens (including phenoxy) is 1. The summed E-state index contributed by atoms with van der Waals surface area (Å²) in [4.78, 5) is 15.1. The Bertz CT molecular complexity index is 614. The lowest BCUT2D eigenvalue weighted by atomic mass is 10.2. The van der Waals surface area contributed by atoms with Crippen molar-refractivity contribution in [3.05, 3.63) is 39.5 Å². The van der Waals surface area contributed by atoms with Crippen molar-refractivity contribution < 1.29 is 14.1 Å². The van der Waals surface area contributed by atoms with E-state index in [1.807, 2.05) is 6.92 Å². The topological polar surface area (TPSA) is 65.2 Å². The van der Waals surface area contributed by atoms with Crippen LogP contribution in [0.5, 0.6) is 5.75 Å². The molecule has 0 aliphatic rings. The lowest BCUT2D eigenvalue weighted by Gasteiger charge is -2.08. The zero-order chi connectivity index (χ0) is 14.5. The standard InChI is InChI=1S/C13H12Cl2N2O3/c1-2-3-11-16-12(20-17-11)7-19-13-8(6-18)4-9(14)5-10(13)15/h4-6H,2-3,7H2,1H3. The van der Waals surface area contributed by atoms with Gasteiger partial charge >= 0.3 is 0 Å². The highest BCUT2D eigenvalue weighted by molar-refractivity contribution is 6.36. The maximum absolute atomic E-state index is 11.0. The van der Waals surface area contributed by atoms with Crippen molar-refractivity contribution in [1.82, 2.24) is 10.1 Å². The first-order valence-electron chi connectivity index (χ1n) is 6.02. The summed E-state index contributed by atoms with van der Waals surface area (Å²) in [5.41, 5.74) is 0.274. The highest BCUT2D eigenvalue weighted by Gasteiger charge is 2.13. The summed E-state index contributed by atoms with van der Waals surface area (Å²) >= 11 is 11.8. The summed E-state index contributed by atoms with van der Waals surface area (Å²) in [5.74, 6) is 1.21. The van der Waals surface area contributed by atoms with E-state index in [4.69, 9.17) is 32.5 Å². The van der Waals surface area contributed by atoms with Crippen molar-refractivity contribution in [2.24, 2.45) is 0 Å². The first-order valence-corrected chi connectivity index (χ1v) is 6.78. The van der Waals surface area contributed by atoms with E-state index in [0.717, 1.165) is 12.8 Å². The van der Waals surface area contributed by atoms with Gasteiger partial charge in [0.15, 0.2) is 18.7 Å². The van der Waals surface area contributed by atoms with Crippen LogP contribution < -0.4 is 4.74 Å². The Balaban J connectivity index is 2.11. The van der Waals surface area contributed by atoms with Crippen LogP contribution in [0.3, 0.4) is 0 Å². The highest BCUT2D eigenvalue weighted by atomic mass is 35.5. The van der Waals surface area contributed by atoms with E-state index >= 15 is 0 Å². The number of halogens is 2. The van der Waals surface area contributed by atoms with E-state index in [2.05, 4.69) is 10.1 Å². The van der Waals surface area contributed by atoms with Crippen molar-refractivity contribution in [3.8, 4) is 5.75 Å². The molecule has 0 aliphatic heterocycles. The monoisotopic (exact) mass is 314 g/mol. The molecule has 0 aliphatic carbocycles. The molecule has 2 rings (SSSR count). The molecule has 1 heterocycles. The molecule has 20 heavy (non-hydrogen) atoms. The molecule has 7 heteroatoms. The molecule has 5 nitrogen and oxygen atoms in total. The second-order valence-corrected chi connectivity index (χ2v) is 4.91. The quantitative estimate of drug-likeness (QED) is 0.760. The van der Waals surface area contributed by atoms with Gasteiger partial charge in [-0.1, -0.05) is 35.3 Å². The Hall–Kier alpha value is -1.59. The lowest BCUT2D eigenvalue weighted by Crippen LogP contribution is -2.00. The van der Waals surface area contributed by atoms with Crippen LogP contribution in [-0.4, -0.2) is 16.4 Å². The number of nitrogens with zero attached hydrogens (tertiary/aromatic N) is 2. The van der Waals surface area contributed by atoms with Crippen molar-refractivity contribution in [2.75, 3.05) is 0 Å². The van der Waals surface area contributed by atoms with Gasteiger partial charge in [0.2, 0.25) is 0 Å². The molecule has 0 N–H and O–H groups in total. The summed E-state index contributed by atoms with van der Waals surface area (Å²) in [6.45, 7) is 2.06. The van der Waals surface area contributed by atoms with Gasteiger partial charge in [-0.05, 0) is 18.6 Å². The van der Waals surface area contributed by atoms with Gasteiger partial charge in [0.05, 0.1) is 10.6 Å². The van der Waals surface area contributed by atoms with E-state index < -0.39 is 0 Å². The number of carbonyl (C=O) groups is 1. The fourth-order valence-corrected chi connectivity index (χ4v) is 2.19. The van der Waals surface area contributed by atoms with Crippen LogP contribution in [0.2, 0.25) is 10.0 Å². The van der Waals surface area contributed by atoms with Crippen LogP contribution in [-0.2, 0) is 13.0 Å². The van der Waals surface area contributed by atoms with Crippen LogP contribution in [0.25, 0.3) is 0 Å². The zero-order valence-corrected chi connectivity index (χ0v) is 12.2. The lowest BCUT2D eigenvalue weighted by molar-refractivity contribution is 0.111.